The summed E-state index contributed by atoms with van der Waals surface area (Å²) in [5, 5.41) is 28.5. The molecule has 0 radical (unpaired) electrons. The molecule has 128 valence electrons. The van der Waals surface area contributed by atoms with Crippen molar-refractivity contribution in [2.75, 3.05) is 0 Å². The number of aromatic hydroxyl groups is 1. The first kappa shape index (κ1) is 19.6. The lowest BCUT2D eigenvalue weighted by molar-refractivity contribution is -0.137. The topological polar surface area (TPSA) is 82.7 Å². The molecule has 0 amide bonds. The van der Waals surface area contributed by atoms with Crippen molar-refractivity contribution < 1.29 is 20.1 Å². The number of aliphatic carboxylic acids is 1. The van der Waals surface area contributed by atoms with Gasteiger partial charge in [-0.25, -0.2) is 0 Å². The molecule has 0 aliphatic heterocycles. The van der Waals surface area contributed by atoms with Crippen molar-refractivity contribution in [2.24, 2.45) is 0 Å². The molecule has 7 heteroatoms. The number of carboxylic acids is 1. The minimum atomic E-state index is -0.869. The van der Waals surface area contributed by atoms with Gasteiger partial charge in [0.05, 0.1) is 11.0 Å². The van der Waals surface area contributed by atoms with Gasteiger partial charge in [0.25, 0.3) is 0 Å². The second-order valence-corrected chi connectivity index (χ2v) is 6.92. The lowest BCUT2D eigenvalue weighted by Gasteiger charge is -2.03. The Morgan fingerprint density at radius 1 is 1.43 bits per heavy atom. The fourth-order valence-electron chi connectivity index (χ4n) is 2.02. The first-order valence-electron chi connectivity index (χ1n) is 7.70. The molecule has 5 nitrogen and oxygen atoms in total. The molecule has 1 heterocycles. The third kappa shape index (κ3) is 7.14. The van der Waals surface area contributed by atoms with E-state index in [1.165, 1.54) is 15.9 Å². The van der Waals surface area contributed by atoms with E-state index in [0.717, 1.165) is 19.3 Å². The van der Waals surface area contributed by atoms with Crippen LogP contribution < -0.4 is 0 Å². The number of unbranched alkanes of at least 4 members (excludes halogenated alkanes) is 2. The average molecular weight is 357 g/mol. The van der Waals surface area contributed by atoms with Crippen molar-refractivity contribution >= 4 is 35.6 Å². The van der Waals surface area contributed by atoms with Crippen molar-refractivity contribution in [1.29, 1.82) is 0 Å². The fraction of sp³-hybridized carbons (Fsp3) is 0.562. The third-order valence-electron chi connectivity index (χ3n) is 3.27. The van der Waals surface area contributed by atoms with Gasteiger partial charge in [-0.15, -0.1) is 17.1 Å². The zero-order valence-electron chi connectivity index (χ0n) is 13.2. The molecule has 0 saturated carbocycles. The Labute approximate surface area is 145 Å². The zero-order chi connectivity index (χ0) is 17.2. The lowest BCUT2D eigenvalue weighted by atomic mass is 10.1. The Bertz CT molecular complexity index is 627. The standard InChI is InChI=1S/C16H23NO4S2/c1-2-3-4-7-12(18)8-5-9-13-15(21)17(16(22)23-13)11-6-10-14(19)20/h8-9,12,18,21H,2-4,6-7,10-11H2,1H3,(H,19,20). The Hall–Kier alpha value is -1.40. The predicted octanol–water partition coefficient (Wildman–Crippen LogP) is 3.96. The summed E-state index contributed by atoms with van der Waals surface area (Å²) in [6.45, 7) is 2.48. The molecule has 0 aliphatic carbocycles. The summed E-state index contributed by atoms with van der Waals surface area (Å²) < 4.78 is 2.01. The highest BCUT2D eigenvalue weighted by atomic mass is 32.1. The minimum Gasteiger partial charge on any atom is -0.493 e. The maximum atomic E-state index is 10.5. The molecular formula is C16H23NO4S2. The number of hydrogen-bond donors (Lipinski definition) is 3. The molecular weight excluding hydrogens is 334 g/mol. The number of nitrogens with zero attached hydrogens (tertiary/aromatic N) is 1. The molecule has 0 spiro atoms. The van der Waals surface area contributed by atoms with Crippen LogP contribution >= 0.6 is 23.6 Å². The van der Waals surface area contributed by atoms with Crippen LogP contribution in [-0.2, 0) is 11.3 Å². The minimum absolute atomic E-state index is 0.0201. The molecule has 3 N–H and O–H groups in total. The second kappa shape index (κ2) is 10.4. The number of thiazole rings is 1. The molecule has 0 fully saturated rings. The maximum Gasteiger partial charge on any atom is 0.303 e. The van der Waals surface area contributed by atoms with Crippen LogP contribution in [-0.4, -0.2) is 32.0 Å². The largest absolute Gasteiger partial charge is 0.493 e. The second-order valence-electron chi connectivity index (χ2n) is 5.25. The molecule has 1 atom stereocenters. The SMILES string of the molecule is CCCCCC(O)C=C=Cc1sc(=S)n(CCCC(=O)O)c1O. The average Bonchev–Trinajstić information content (AvgIpc) is 2.75. The smallest absolute Gasteiger partial charge is 0.303 e. The third-order valence-corrected chi connectivity index (χ3v) is 4.66. The highest BCUT2D eigenvalue weighted by Crippen LogP contribution is 2.27. The van der Waals surface area contributed by atoms with E-state index in [2.05, 4.69) is 12.7 Å². The van der Waals surface area contributed by atoms with Crippen molar-refractivity contribution in [3.63, 3.8) is 0 Å². The van der Waals surface area contributed by atoms with Gasteiger partial charge >= 0.3 is 5.97 Å². The predicted molar refractivity (Wildman–Crippen MR) is 94.4 cm³/mol. The van der Waals surface area contributed by atoms with Gasteiger partial charge in [0.15, 0.2) is 3.95 Å². The molecule has 0 aliphatic rings. The van der Waals surface area contributed by atoms with E-state index in [-0.39, 0.29) is 12.3 Å². The Morgan fingerprint density at radius 3 is 2.83 bits per heavy atom. The van der Waals surface area contributed by atoms with Crippen LogP contribution in [0.1, 0.15) is 50.3 Å². The van der Waals surface area contributed by atoms with E-state index >= 15 is 0 Å². The van der Waals surface area contributed by atoms with E-state index < -0.39 is 12.1 Å². The Balaban J connectivity index is 2.68. The van der Waals surface area contributed by atoms with Crippen LogP contribution in [0.3, 0.4) is 0 Å². The number of carboxylic acid groups (broad SMARTS) is 1. The quantitative estimate of drug-likeness (QED) is 0.335. The normalized spacial score (nSPS) is 11.7. The van der Waals surface area contributed by atoms with Gasteiger partial charge in [-0.3, -0.25) is 9.36 Å². The molecule has 23 heavy (non-hydrogen) atoms. The van der Waals surface area contributed by atoms with E-state index in [9.17, 15) is 15.0 Å². The van der Waals surface area contributed by atoms with Gasteiger partial charge in [0.2, 0.25) is 5.88 Å². The van der Waals surface area contributed by atoms with Gasteiger partial charge < -0.3 is 15.3 Å². The molecule has 0 aromatic carbocycles. The van der Waals surface area contributed by atoms with Gasteiger partial charge in [-0.2, -0.15) is 0 Å². The molecule has 0 saturated heterocycles. The number of aliphatic hydroxyl groups excluding tert-OH is 1. The number of aromatic nitrogens is 1. The van der Waals surface area contributed by atoms with Crippen LogP contribution in [0.15, 0.2) is 11.8 Å². The molecule has 1 aromatic heterocycles. The number of hydrogen-bond acceptors (Lipinski definition) is 5. The highest BCUT2D eigenvalue weighted by Gasteiger charge is 2.09. The fourth-order valence-corrected chi connectivity index (χ4v) is 3.27. The van der Waals surface area contributed by atoms with Gasteiger partial charge in [-0.05, 0) is 31.1 Å². The number of rotatable bonds is 10. The monoisotopic (exact) mass is 357 g/mol. The Kier molecular flexibility index (Phi) is 8.87. The van der Waals surface area contributed by atoms with E-state index in [1.807, 2.05) is 0 Å². The van der Waals surface area contributed by atoms with Crippen molar-refractivity contribution in [3.05, 3.63) is 20.6 Å². The summed E-state index contributed by atoms with van der Waals surface area (Å²) in [4.78, 5) is 11.1. The first-order valence-corrected chi connectivity index (χ1v) is 8.93. The summed E-state index contributed by atoms with van der Waals surface area (Å²) in [5.41, 5.74) is 2.88. The highest BCUT2D eigenvalue weighted by molar-refractivity contribution is 7.73. The van der Waals surface area contributed by atoms with Gasteiger partial charge in [0.1, 0.15) is 0 Å². The molecule has 1 rings (SSSR count). The molecule has 1 aromatic rings. The van der Waals surface area contributed by atoms with Gasteiger partial charge in [-0.1, -0.05) is 26.2 Å². The van der Waals surface area contributed by atoms with Crippen LogP contribution in [0.25, 0.3) is 6.08 Å². The van der Waals surface area contributed by atoms with E-state index in [4.69, 9.17) is 17.3 Å². The van der Waals surface area contributed by atoms with Crippen LogP contribution in [0.2, 0.25) is 0 Å². The van der Waals surface area contributed by atoms with Gasteiger partial charge in [0, 0.05) is 19.0 Å². The van der Waals surface area contributed by atoms with Crippen LogP contribution in [0.5, 0.6) is 5.88 Å². The number of carbonyl (C=O) groups is 1. The number of aliphatic hydroxyl groups is 1. The van der Waals surface area contributed by atoms with E-state index in [1.54, 1.807) is 12.2 Å². The summed E-state index contributed by atoms with van der Waals surface area (Å²) >= 11 is 6.41. The van der Waals surface area contributed by atoms with E-state index in [0.29, 0.717) is 28.2 Å². The van der Waals surface area contributed by atoms with Crippen molar-refractivity contribution in [1.82, 2.24) is 4.57 Å². The maximum absolute atomic E-state index is 10.5. The Morgan fingerprint density at radius 2 is 2.17 bits per heavy atom. The first-order chi connectivity index (χ1) is 11.0. The summed E-state index contributed by atoms with van der Waals surface area (Å²) in [7, 11) is 0. The van der Waals surface area contributed by atoms with Crippen molar-refractivity contribution in [3.8, 4) is 5.88 Å². The van der Waals surface area contributed by atoms with Crippen LogP contribution in [0, 0.1) is 3.95 Å². The summed E-state index contributed by atoms with van der Waals surface area (Å²) in [6.07, 6.45) is 6.95. The molecule has 1 unspecified atom stereocenters. The zero-order valence-corrected chi connectivity index (χ0v) is 14.8. The van der Waals surface area contributed by atoms with Crippen molar-refractivity contribution in [2.45, 2.75) is 58.1 Å². The summed E-state index contributed by atoms with van der Waals surface area (Å²) in [5.74, 6) is -0.849. The van der Waals surface area contributed by atoms with Crippen LogP contribution in [0.4, 0.5) is 0 Å². The summed E-state index contributed by atoms with van der Waals surface area (Å²) in [6, 6.07) is 0. The lowest BCUT2D eigenvalue weighted by Crippen LogP contribution is -2.01. The molecule has 0 bridgehead atoms.